The van der Waals surface area contributed by atoms with Gasteiger partial charge in [-0.2, -0.15) is 13.0 Å². The molecule has 1 N–H and O–H groups in total. The lowest BCUT2D eigenvalue weighted by Crippen LogP contribution is -2.42. The molecule has 0 spiro atoms. The Morgan fingerprint density at radius 2 is 1.49 bits per heavy atom. The van der Waals surface area contributed by atoms with Crippen LogP contribution in [0.4, 0.5) is 11.4 Å². The average Bonchev–Trinajstić information content (AvgIpc) is 3.54. The van der Waals surface area contributed by atoms with E-state index in [4.69, 9.17) is 13.3 Å². The van der Waals surface area contributed by atoms with Gasteiger partial charge in [0.2, 0.25) is 5.69 Å². The molecule has 0 radical (unpaired) electrons. The van der Waals surface area contributed by atoms with Gasteiger partial charge in [-0.15, -0.1) is 11.8 Å². The van der Waals surface area contributed by atoms with Crippen molar-refractivity contribution in [3.8, 4) is 0 Å². The standard InChI is InChI=1S/C44H62N2O9S3Si/c1-43(2)36-20-8-10-22-38(36)45(28-12-14-31-57(47,48)49)40(43)26-24-34-18-16-19-35(42(34)56-30-17-33-59(53-5,54-6)55-7)25-27-41-44(3,4)37-21-9-11-23-39(37)46(41)29-13-15-32-58(50,51)52/h8-11,20-27H,12-19,28-33H2,1-7H3,(H-,47,48,49,50,51,52). The highest BCUT2D eigenvalue weighted by atomic mass is 32.2. The summed E-state index contributed by atoms with van der Waals surface area (Å²) in [6.07, 6.45) is 14.6. The zero-order valence-electron chi connectivity index (χ0n) is 35.7. The van der Waals surface area contributed by atoms with Crippen LogP contribution in [0.2, 0.25) is 6.04 Å². The van der Waals surface area contributed by atoms with Gasteiger partial charge in [0.15, 0.2) is 5.71 Å². The maximum absolute atomic E-state index is 11.5. The lowest BCUT2D eigenvalue weighted by Gasteiger charge is -2.28. The molecule has 3 aliphatic rings. The van der Waals surface area contributed by atoms with Crippen LogP contribution in [0.15, 0.2) is 94.6 Å². The molecule has 0 fully saturated rings. The summed E-state index contributed by atoms with van der Waals surface area (Å²) in [5.41, 5.74) is 8.84. The van der Waals surface area contributed by atoms with Crippen LogP contribution in [-0.2, 0) is 44.3 Å². The number of hydrogen-bond acceptors (Lipinski definition) is 10. The van der Waals surface area contributed by atoms with Crippen molar-refractivity contribution in [2.24, 2.45) is 0 Å². The fraction of sp³-hybridized carbons (Fsp3) is 0.523. The Hall–Kier alpha value is -2.86. The Balaban J connectivity index is 1.54. The van der Waals surface area contributed by atoms with Gasteiger partial charge in [0.05, 0.1) is 21.3 Å². The van der Waals surface area contributed by atoms with E-state index >= 15 is 0 Å². The predicted molar refractivity (Wildman–Crippen MR) is 240 cm³/mol. The van der Waals surface area contributed by atoms with Crippen LogP contribution < -0.4 is 4.90 Å². The molecule has 11 nitrogen and oxygen atoms in total. The summed E-state index contributed by atoms with van der Waals surface area (Å²) in [7, 11) is -6.12. The lowest BCUT2D eigenvalue weighted by atomic mass is 9.81. The molecular formula is C44H62N2O9S3Si. The van der Waals surface area contributed by atoms with Crippen molar-refractivity contribution in [3.63, 3.8) is 0 Å². The minimum absolute atomic E-state index is 0.259. The predicted octanol–water partition coefficient (Wildman–Crippen LogP) is 8.66. The molecule has 324 valence electrons. The van der Waals surface area contributed by atoms with Crippen molar-refractivity contribution in [2.45, 2.75) is 95.9 Å². The van der Waals surface area contributed by atoms with E-state index in [-0.39, 0.29) is 22.3 Å². The highest BCUT2D eigenvalue weighted by molar-refractivity contribution is 8.03. The summed E-state index contributed by atoms with van der Waals surface area (Å²) < 4.78 is 85.9. The van der Waals surface area contributed by atoms with Crippen molar-refractivity contribution >= 4 is 57.9 Å². The second-order valence-corrected chi connectivity index (χ2v) is 23.8. The van der Waals surface area contributed by atoms with Gasteiger partial charge in [-0.05, 0) is 93.4 Å². The van der Waals surface area contributed by atoms with Gasteiger partial charge in [-0.1, -0.05) is 62.4 Å². The first kappa shape index (κ1) is 47.2. The molecule has 15 heteroatoms. The van der Waals surface area contributed by atoms with Gasteiger partial charge >= 0.3 is 8.80 Å². The summed E-state index contributed by atoms with van der Waals surface area (Å²) in [6.45, 7) is 10.1. The fourth-order valence-electron chi connectivity index (χ4n) is 8.65. The number of para-hydroxylation sites is 2. The second kappa shape index (κ2) is 19.9. The number of fused-ring (bicyclic) bond motifs is 2. The van der Waals surface area contributed by atoms with E-state index in [1.165, 1.54) is 27.2 Å². The van der Waals surface area contributed by atoms with E-state index in [1.54, 1.807) is 21.3 Å². The summed E-state index contributed by atoms with van der Waals surface area (Å²) in [4.78, 5) is 3.54. The molecule has 0 aromatic heterocycles. The Kier molecular flexibility index (Phi) is 15.9. The first-order valence-electron chi connectivity index (χ1n) is 20.5. The zero-order chi connectivity index (χ0) is 43.1. The third kappa shape index (κ3) is 11.5. The normalized spacial score (nSPS) is 19.4. The van der Waals surface area contributed by atoms with Gasteiger partial charge in [0, 0.05) is 85.5 Å². The molecule has 0 saturated carbocycles. The van der Waals surface area contributed by atoms with Gasteiger partial charge in [0.25, 0.3) is 10.1 Å². The van der Waals surface area contributed by atoms with Gasteiger partial charge in [-0.25, -0.2) is 8.42 Å². The molecule has 2 heterocycles. The van der Waals surface area contributed by atoms with Crippen LogP contribution in [0.5, 0.6) is 0 Å². The third-order valence-electron chi connectivity index (χ3n) is 11.8. The van der Waals surface area contributed by atoms with E-state index in [0.717, 1.165) is 54.2 Å². The number of anilines is 1. The van der Waals surface area contributed by atoms with E-state index in [1.807, 2.05) is 23.9 Å². The largest absolute Gasteiger partial charge is 0.748 e. The number of benzene rings is 2. The molecule has 0 unspecified atom stereocenters. The zero-order valence-corrected chi connectivity index (χ0v) is 39.1. The number of rotatable bonds is 21. The molecule has 2 aliphatic heterocycles. The Labute approximate surface area is 358 Å². The quantitative estimate of drug-likeness (QED) is 0.0557. The van der Waals surface area contributed by atoms with Crippen molar-refractivity contribution in [1.29, 1.82) is 0 Å². The average molecular weight is 887 g/mol. The van der Waals surface area contributed by atoms with E-state index in [9.17, 15) is 25.9 Å². The molecule has 0 amide bonds. The van der Waals surface area contributed by atoms with Crippen LogP contribution in [-0.4, -0.2) is 96.7 Å². The molecule has 5 rings (SSSR count). The number of hydrogen-bond donors (Lipinski definition) is 1. The number of unbranched alkanes of at least 4 members (excludes halogenated alkanes) is 2. The summed E-state index contributed by atoms with van der Waals surface area (Å²) in [5.74, 6) is 0.212. The summed E-state index contributed by atoms with van der Waals surface area (Å²) in [6, 6.07) is 17.4. The van der Waals surface area contributed by atoms with Gasteiger partial charge < -0.3 is 22.7 Å². The highest BCUT2D eigenvalue weighted by Crippen LogP contribution is 2.48. The fourth-order valence-corrected chi connectivity index (χ4v) is 13.0. The Morgan fingerprint density at radius 1 is 0.831 bits per heavy atom. The summed E-state index contributed by atoms with van der Waals surface area (Å²) >= 11 is 1.85. The molecule has 0 bridgehead atoms. The minimum Gasteiger partial charge on any atom is -0.748 e. The van der Waals surface area contributed by atoms with E-state index in [2.05, 4.69) is 97.9 Å². The first-order valence-corrected chi connectivity index (χ1v) is 26.6. The highest BCUT2D eigenvalue weighted by Gasteiger charge is 2.44. The molecule has 2 aromatic rings. The molecular weight excluding hydrogens is 825 g/mol. The van der Waals surface area contributed by atoms with Crippen LogP contribution in [0.3, 0.4) is 0 Å². The van der Waals surface area contributed by atoms with Crippen molar-refractivity contribution in [1.82, 2.24) is 0 Å². The maximum Gasteiger partial charge on any atom is 0.500 e. The van der Waals surface area contributed by atoms with E-state index in [0.29, 0.717) is 44.8 Å². The van der Waals surface area contributed by atoms with Crippen LogP contribution >= 0.6 is 11.8 Å². The third-order valence-corrected chi connectivity index (χ3v) is 17.6. The smallest absolute Gasteiger partial charge is 0.500 e. The maximum atomic E-state index is 11.5. The van der Waals surface area contributed by atoms with Gasteiger partial charge in [0.1, 0.15) is 6.54 Å². The number of allylic oxidation sites excluding steroid dienone is 7. The SMILES string of the molecule is CO[Si](CCCSC1=C(/C=C/C2=[N+](CCCCS(=O)(=O)O)c3ccccc3C2(C)C)CCC/C1=C\C=C1/N(CCCCS(=O)(=O)[O-])c2ccccc2C1(C)C)(OC)OC. The van der Waals surface area contributed by atoms with Crippen molar-refractivity contribution in [2.75, 3.05) is 56.6 Å². The molecule has 59 heavy (non-hydrogen) atoms. The van der Waals surface area contributed by atoms with Crippen LogP contribution in [0.1, 0.15) is 90.2 Å². The second-order valence-electron chi connectivity index (χ2n) is 16.5. The van der Waals surface area contributed by atoms with Crippen LogP contribution in [0, 0.1) is 0 Å². The first-order chi connectivity index (χ1) is 27.9. The van der Waals surface area contributed by atoms with Crippen LogP contribution in [0.25, 0.3) is 0 Å². The number of nitrogens with zero attached hydrogens (tertiary/aromatic N) is 2. The molecule has 2 aromatic carbocycles. The summed E-state index contributed by atoms with van der Waals surface area (Å²) in [5, 5.41) is 0. The Morgan fingerprint density at radius 3 is 2.17 bits per heavy atom. The Bertz CT molecular complexity index is 2200. The van der Waals surface area contributed by atoms with Crippen molar-refractivity contribution < 1.29 is 43.8 Å². The van der Waals surface area contributed by atoms with E-state index < -0.39 is 29.0 Å². The number of thioether (sulfide) groups is 1. The monoisotopic (exact) mass is 886 g/mol. The minimum atomic E-state index is -4.28. The molecule has 0 atom stereocenters. The van der Waals surface area contributed by atoms with Gasteiger partial charge in [-0.3, -0.25) is 4.55 Å². The lowest BCUT2D eigenvalue weighted by molar-refractivity contribution is -0.438. The topological polar surface area (TPSA) is 146 Å². The van der Waals surface area contributed by atoms with Crippen molar-refractivity contribution in [3.05, 3.63) is 106 Å². The molecule has 1 aliphatic carbocycles. The molecule has 0 saturated heterocycles.